The van der Waals surface area contributed by atoms with E-state index in [1.54, 1.807) is 12.1 Å². The van der Waals surface area contributed by atoms with Gasteiger partial charge in [0.1, 0.15) is 0 Å². The van der Waals surface area contributed by atoms with Gasteiger partial charge in [-0.2, -0.15) is 0 Å². The molecule has 0 aliphatic carbocycles. The van der Waals surface area contributed by atoms with Gasteiger partial charge < -0.3 is 15.0 Å². The fraction of sp³-hybridized carbons (Fsp3) is 0.273. The molecule has 1 amide bonds. The quantitative estimate of drug-likeness (QED) is 0.738. The van der Waals surface area contributed by atoms with Gasteiger partial charge >= 0.3 is 5.97 Å². The van der Waals surface area contributed by atoms with E-state index in [-0.39, 0.29) is 5.91 Å². The van der Waals surface area contributed by atoms with Crippen molar-refractivity contribution in [2.75, 3.05) is 13.1 Å². The highest BCUT2D eigenvalue weighted by Gasteiger charge is 2.25. The van der Waals surface area contributed by atoms with Crippen molar-refractivity contribution in [1.82, 2.24) is 9.88 Å². The molecule has 0 spiro atoms. The van der Waals surface area contributed by atoms with Crippen molar-refractivity contribution < 1.29 is 14.7 Å². The Morgan fingerprint density at radius 2 is 1.85 bits per heavy atom. The number of aromatic nitrogens is 1. The molecule has 5 nitrogen and oxygen atoms in total. The van der Waals surface area contributed by atoms with Crippen LogP contribution in [0, 0.1) is 5.92 Å². The number of aromatic amines is 1. The largest absolute Gasteiger partial charge is 0.478 e. The highest BCUT2D eigenvalue weighted by molar-refractivity contribution is 5.98. The predicted molar refractivity (Wildman–Crippen MR) is 104 cm³/mol. The summed E-state index contributed by atoms with van der Waals surface area (Å²) in [5.41, 5.74) is 3.02. The normalized spacial score (nSPS) is 15.2. The number of rotatable bonds is 4. The summed E-state index contributed by atoms with van der Waals surface area (Å²) >= 11 is 0. The predicted octanol–water partition coefficient (Wildman–Crippen LogP) is 3.96. The molecule has 0 saturated carbocycles. The number of carbonyl (C=O) groups is 2. The summed E-state index contributed by atoms with van der Waals surface area (Å²) in [6.45, 7) is 1.42. The highest BCUT2D eigenvalue weighted by atomic mass is 16.4. The third kappa shape index (κ3) is 3.58. The van der Waals surface area contributed by atoms with Crippen molar-refractivity contribution >= 4 is 22.8 Å². The zero-order valence-electron chi connectivity index (χ0n) is 15.0. The number of H-pyrrole nitrogens is 1. The van der Waals surface area contributed by atoms with Gasteiger partial charge in [0.25, 0.3) is 5.91 Å². The average Bonchev–Trinajstić information content (AvgIpc) is 3.16. The van der Waals surface area contributed by atoms with Gasteiger partial charge in [-0.1, -0.05) is 18.2 Å². The Balaban J connectivity index is 1.40. The number of nitrogens with zero attached hydrogens (tertiary/aromatic N) is 1. The van der Waals surface area contributed by atoms with Crippen molar-refractivity contribution in [2.24, 2.45) is 5.92 Å². The van der Waals surface area contributed by atoms with Gasteiger partial charge in [0, 0.05) is 35.8 Å². The Labute approximate surface area is 157 Å². The Bertz CT molecular complexity index is 984. The fourth-order valence-corrected chi connectivity index (χ4v) is 3.93. The van der Waals surface area contributed by atoms with Crippen molar-refractivity contribution in [3.63, 3.8) is 0 Å². The third-order valence-electron chi connectivity index (χ3n) is 5.46. The molecule has 2 aromatic carbocycles. The van der Waals surface area contributed by atoms with Crippen LogP contribution in [0.2, 0.25) is 0 Å². The minimum atomic E-state index is -0.877. The number of hydrogen-bond acceptors (Lipinski definition) is 2. The molecule has 27 heavy (non-hydrogen) atoms. The van der Waals surface area contributed by atoms with Crippen LogP contribution < -0.4 is 0 Å². The lowest BCUT2D eigenvalue weighted by Gasteiger charge is -2.32. The van der Waals surface area contributed by atoms with Crippen LogP contribution >= 0.6 is 0 Å². The zero-order chi connectivity index (χ0) is 18.8. The van der Waals surface area contributed by atoms with Gasteiger partial charge in [-0.15, -0.1) is 0 Å². The van der Waals surface area contributed by atoms with Crippen LogP contribution in [0.3, 0.4) is 0 Å². The Hall–Kier alpha value is -3.08. The van der Waals surface area contributed by atoms with Crippen molar-refractivity contribution in [3.05, 3.63) is 71.4 Å². The molecule has 2 heterocycles. The highest BCUT2D eigenvalue weighted by Crippen LogP contribution is 2.25. The lowest BCUT2D eigenvalue weighted by atomic mass is 9.88. The third-order valence-corrected chi connectivity index (χ3v) is 5.46. The number of carboxylic acids is 1. The van der Waals surface area contributed by atoms with Gasteiger partial charge in [-0.3, -0.25) is 4.79 Å². The first-order chi connectivity index (χ1) is 13.1. The molecule has 4 rings (SSSR count). The summed E-state index contributed by atoms with van der Waals surface area (Å²) < 4.78 is 0. The van der Waals surface area contributed by atoms with Gasteiger partial charge in [0.2, 0.25) is 0 Å². The number of hydrogen-bond donors (Lipinski definition) is 2. The van der Waals surface area contributed by atoms with Crippen LogP contribution in [0.1, 0.15) is 39.1 Å². The second-order valence-corrected chi connectivity index (χ2v) is 7.18. The van der Waals surface area contributed by atoms with E-state index in [4.69, 9.17) is 0 Å². The number of fused-ring (bicyclic) bond motifs is 1. The van der Waals surface area contributed by atoms with Crippen molar-refractivity contribution in [1.29, 1.82) is 0 Å². The molecule has 0 bridgehead atoms. The van der Waals surface area contributed by atoms with E-state index in [9.17, 15) is 14.7 Å². The maximum atomic E-state index is 12.8. The number of nitrogens with one attached hydrogen (secondary N) is 1. The summed E-state index contributed by atoms with van der Waals surface area (Å²) in [7, 11) is 0. The summed E-state index contributed by atoms with van der Waals surface area (Å²) in [6.07, 6.45) is 4.41. The Morgan fingerprint density at radius 3 is 2.63 bits per heavy atom. The van der Waals surface area contributed by atoms with Crippen LogP contribution in [0.25, 0.3) is 10.9 Å². The standard InChI is InChI=1S/C22H22N2O3/c25-21(18-5-6-20-17(14-18)7-10-23-20)24-11-8-15(9-12-24)13-16-3-1-2-4-19(16)22(26)27/h1-7,10,14-15,23H,8-9,11-13H2,(H,26,27). The SMILES string of the molecule is O=C(O)c1ccccc1CC1CCN(C(=O)c2ccc3[nH]ccc3c2)CC1. The van der Waals surface area contributed by atoms with Crippen molar-refractivity contribution in [3.8, 4) is 0 Å². The summed E-state index contributed by atoms with van der Waals surface area (Å²) in [4.78, 5) is 29.2. The molecule has 3 aromatic rings. The Morgan fingerprint density at radius 1 is 1.07 bits per heavy atom. The maximum absolute atomic E-state index is 12.8. The second-order valence-electron chi connectivity index (χ2n) is 7.18. The van der Waals surface area contributed by atoms with Crippen LogP contribution in [0.15, 0.2) is 54.7 Å². The smallest absolute Gasteiger partial charge is 0.335 e. The minimum Gasteiger partial charge on any atom is -0.478 e. The van der Waals surface area contributed by atoms with Crippen molar-refractivity contribution in [2.45, 2.75) is 19.3 Å². The monoisotopic (exact) mass is 362 g/mol. The summed E-state index contributed by atoms with van der Waals surface area (Å²) in [5.74, 6) is -0.400. The fourth-order valence-electron chi connectivity index (χ4n) is 3.93. The van der Waals surface area contributed by atoms with E-state index in [1.807, 2.05) is 47.5 Å². The van der Waals surface area contributed by atoms with Gasteiger partial charge in [-0.25, -0.2) is 4.79 Å². The van der Waals surface area contributed by atoms with E-state index in [2.05, 4.69) is 4.98 Å². The molecule has 1 aliphatic heterocycles. The van der Waals surface area contributed by atoms with Gasteiger partial charge in [0.05, 0.1) is 5.56 Å². The molecular weight excluding hydrogens is 340 g/mol. The zero-order valence-corrected chi connectivity index (χ0v) is 15.0. The molecule has 0 radical (unpaired) electrons. The summed E-state index contributed by atoms with van der Waals surface area (Å²) in [5, 5.41) is 10.4. The number of amides is 1. The first-order valence-electron chi connectivity index (χ1n) is 9.29. The number of piperidine rings is 1. The van der Waals surface area contributed by atoms with E-state index < -0.39 is 5.97 Å². The molecule has 1 fully saturated rings. The number of aromatic carboxylic acids is 1. The Kier molecular flexibility index (Phi) is 4.67. The van der Waals surface area contributed by atoms with E-state index in [0.717, 1.165) is 41.3 Å². The van der Waals surface area contributed by atoms with E-state index >= 15 is 0 Å². The number of carboxylic acid groups (broad SMARTS) is 1. The van der Waals surface area contributed by atoms with E-state index in [0.29, 0.717) is 24.6 Å². The summed E-state index contributed by atoms with van der Waals surface area (Å²) in [6, 6.07) is 14.9. The first kappa shape index (κ1) is 17.3. The molecule has 5 heteroatoms. The van der Waals surface area contributed by atoms with Gasteiger partial charge in [-0.05, 0) is 61.1 Å². The molecule has 0 unspecified atom stereocenters. The van der Waals surface area contributed by atoms with Crippen LogP contribution in [-0.4, -0.2) is 40.0 Å². The average molecular weight is 362 g/mol. The lowest BCUT2D eigenvalue weighted by Crippen LogP contribution is -2.39. The van der Waals surface area contributed by atoms with Crippen LogP contribution in [-0.2, 0) is 6.42 Å². The first-order valence-corrected chi connectivity index (χ1v) is 9.29. The molecule has 1 saturated heterocycles. The molecule has 1 aliphatic rings. The number of benzene rings is 2. The second kappa shape index (κ2) is 7.27. The molecule has 138 valence electrons. The lowest BCUT2D eigenvalue weighted by molar-refractivity contribution is 0.0690. The molecular formula is C22H22N2O3. The molecule has 1 aromatic heterocycles. The van der Waals surface area contributed by atoms with Crippen LogP contribution in [0.5, 0.6) is 0 Å². The number of likely N-dealkylation sites (tertiary alicyclic amines) is 1. The molecule has 2 N–H and O–H groups in total. The number of carbonyl (C=O) groups excluding carboxylic acids is 1. The topological polar surface area (TPSA) is 73.4 Å². The molecule has 0 atom stereocenters. The minimum absolute atomic E-state index is 0.0717. The van der Waals surface area contributed by atoms with Gasteiger partial charge in [0.15, 0.2) is 0 Å². The van der Waals surface area contributed by atoms with E-state index in [1.165, 1.54) is 0 Å². The maximum Gasteiger partial charge on any atom is 0.335 e. The van der Waals surface area contributed by atoms with Crippen LogP contribution in [0.4, 0.5) is 0 Å².